The molecule has 72 valence electrons. The summed E-state index contributed by atoms with van der Waals surface area (Å²) in [6, 6.07) is 7.44. The summed E-state index contributed by atoms with van der Waals surface area (Å²) < 4.78 is 20.3. The number of benzene rings is 1. The molecule has 0 heterocycles. The van der Waals surface area contributed by atoms with Gasteiger partial charge in [-0.15, -0.1) is 0 Å². The quantitative estimate of drug-likeness (QED) is 0.796. The zero-order valence-electron chi connectivity index (χ0n) is 7.79. The average molecular weight is 242 g/mol. The zero-order valence-corrected chi connectivity index (χ0v) is 9.88. The van der Waals surface area contributed by atoms with Crippen LogP contribution in [0.25, 0.3) is 0 Å². The summed E-state index contributed by atoms with van der Waals surface area (Å²) in [5.41, 5.74) is 1.25. The number of hydrogen-bond acceptors (Lipinski definition) is 1. The first-order chi connectivity index (χ1) is 6.24. The second kappa shape index (κ2) is 5.31. The van der Waals surface area contributed by atoms with E-state index in [9.17, 15) is 3.74 Å². The SMILES string of the molecule is CCCCc1ccc([AsH](=O)O)cc1. The second-order valence-electron chi connectivity index (χ2n) is 3.11. The predicted molar refractivity (Wildman–Crippen MR) is 54.7 cm³/mol. The fourth-order valence-electron chi connectivity index (χ4n) is 1.19. The first kappa shape index (κ1) is 10.6. The molecule has 0 bridgehead atoms. The van der Waals surface area contributed by atoms with Gasteiger partial charge in [0, 0.05) is 0 Å². The molecule has 0 saturated carbocycles. The third-order valence-electron chi connectivity index (χ3n) is 2.02. The van der Waals surface area contributed by atoms with Crippen molar-refractivity contribution < 1.29 is 7.84 Å². The molecule has 0 amide bonds. The van der Waals surface area contributed by atoms with Crippen molar-refractivity contribution in [1.29, 1.82) is 0 Å². The molecule has 1 aromatic carbocycles. The van der Waals surface area contributed by atoms with E-state index in [2.05, 4.69) is 6.92 Å². The van der Waals surface area contributed by atoms with Crippen molar-refractivity contribution in [3.05, 3.63) is 29.8 Å². The molecule has 1 rings (SSSR count). The van der Waals surface area contributed by atoms with Gasteiger partial charge in [-0.25, -0.2) is 0 Å². The van der Waals surface area contributed by atoms with E-state index in [1.54, 1.807) is 12.1 Å². The van der Waals surface area contributed by atoms with Crippen LogP contribution in [0, 0.1) is 0 Å². The Kier molecular flexibility index (Phi) is 4.34. The van der Waals surface area contributed by atoms with Gasteiger partial charge in [0.1, 0.15) is 0 Å². The van der Waals surface area contributed by atoms with E-state index < -0.39 is 14.9 Å². The number of rotatable bonds is 4. The molecule has 13 heavy (non-hydrogen) atoms. The van der Waals surface area contributed by atoms with Gasteiger partial charge in [-0.05, 0) is 0 Å². The van der Waals surface area contributed by atoms with E-state index in [-0.39, 0.29) is 0 Å². The van der Waals surface area contributed by atoms with Crippen molar-refractivity contribution in [1.82, 2.24) is 0 Å². The van der Waals surface area contributed by atoms with Gasteiger partial charge in [-0.3, -0.25) is 0 Å². The van der Waals surface area contributed by atoms with E-state index in [4.69, 9.17) is 4.10 Å². The molecule has 1 N–H and O–H groups in total. The number of hydrogen-bond donors (Lipinski definition) is 1. The maximum absolute atomic E-state index is 10.8. The van der Waals surface area contributed by atoms with Gasteiger partial charge in [0.05, 0.1) is 0 Å². The first-order valence-electron chi connectivity index (χ1n) is 4.56. The summed E-state index contributed by atoms with van der Waals surface area (Å²) in [5, 5.41) is 0. The fraction of sp³-hybridized carbons (Fsp3) is 0.400. The predicted octanol–water partition coefficient (Wildman–Crippen LogP) is 0.879. The zero-order chi connectivity index (χ0) is 9.68. The standard InChI is InChI=1S/C10H15AsO2/c1-2-3-4-9-5-7-10(8-6-9)11(12)13/h5-8,11H,2-4H2,1H3,(H,12,13). The number of aryl methyl sites for hydroxylation is 1. The minimum absolute atomic E-state index is 0.611. The summed E-state index contributed by atoms with van der Waals surface area (Å²) in [4.78, 5) is 0. The average Bonchev–Trinajstić information content (AvgIpc) is 2.15. The molecule has 0 aliphatic heterocycles. The summed E-state index contributed by atoms with van der Waals surface area (Å²) in [5.74, 6) is 0. The third kappa shape index (κ3) is 3.41. The van der Waals surface area contributed by atoms with Gasteiger partial charge in [0.15, 0.2) is 0 Å². The molecule has 1 unspecified atom stereocenters. The Labute approximate surface area is 83.4 Å². The Morgan fingerprint density at radius 3 is 2.38 bits per heavy atom. The van der Waals surface area contributed by atoms with Crippen LogP contribution in [0.15, 0.2) is 24.3 Å². The third-order valence-corrected chi connectivity index (χ3v) is 3.76. The normalized spacial score (nSPS) is 12.8. The Balaban J connectivity index is 2.64. The van der Waals surface area contributed by atoms with Crippen molar-refractivity contribution in [2.24, 2.45) is 0 Å². The van der Waals surface area contributed by atoms with Crippen molar-refractivity contribution in [2.75, 3.05) is 0 Å². The van der Waals surface area contributed by atoms with Gasteiger partial charge in [0.25, 0.3) is 0 Å². The van der Waals surface area contributed by atoms with Crippen LogP contribution in [-0.2, 0) is 10.2 Å². The van der Waals surface area contributed by atoms with Gasteiger partial charge < -0.3 is 0 Å². The summed E-state index contributed by atoms with van der Waals surface area (Å²) in [6.45, 7) is 2.16. The summed E-state index contributed by atoms with van der Waals surface area (Å²) in [6.07, 6.45) is 3.43. The molecule has 0 aromatic heterocycles. The molecular weight excluding hydrogens is 227 g/mol. The van der Waals surface area contributed by atoms with E-state index in [1.807, 2.05) is 12.1 Å². The molecule has 1 atom stereocenters. The van der Waals surface area contributed by atoms with Crippen LogP contribution in [0.4, 0.5) is 0 Å². The van der Waals surface area contributed by atoms with Crippen molar-refractivity contribution in [3.8, 4) is 0 Å². The second-order valence-corrected chi connectivity index (χ2v) is 5.60. The van der Waals surface area contributed by atoms with Crippen LogP contribution in [0.2, 0.25) is 0 Å². The van der Waals surface area contributed by atoms with Crippen molar-refractivity contribution in [3.63, 3.8) is 0 Å². The van der Waals surface area contributed by atoms with Crippen molar-refractivity contribution in [2.45, 2.75) is 26.2 Å². The van der Waals surface area contributed by atoms with Crippen LogP contribution in [0.5, 0.6) is 0 Å². The van der Waals surface area contributed by atoms with Crippen LogP contribution in [0.1, 0.15) is 25.3 Å². The first-order valence-corrected chi connectivity index (χ1v) is 7.40. The van der Waals surface area contributed by atoms with Gasteiger partial charge in [0.2, 0.25) is 0 Å². The van der Waals surface area contributed by atoms with E-state index in [0.717, 1.165) is 6.42 Å². The van der Waals surface area contributed by atoms with Crippen LogP contribution < -0.4 is 4.35 Å². The molecule has 0 aliphatic rings. The van der Waals surface area contributed by atoms with Crippen LogP contribution >= 0.6 is 0 Å². The summed E-state index contributed by atoms with van der Waals surface area (Å²) in [7, 11) is 0. The van der Waals surface area contributed by atoms with Gasteiger partial charge >= 0.3 is 83.1 Å². The van der Waals surface area contributed by atoms with Gasteiger partial charge in [-0.1, -0.05) is 0 Å². The van der Waals surface area contributed by atoms with Crippen LogP contribution in [-0.4, -0.2) is 19.0 Å². The van der Waals surface area contributed by atoms with E-state index >= 15 is 0 Å². The Bertz CT molecular complexity index is 279. The monoisotopic (exact) mass is 242 g/mol. The number of unbranched alkanes of at least 4 members (excludes halogenated alkanes) is 1. The molecule has 0 spiro atoms. The maximum atomic E-state index is 10.8. The Morgan fingerprint density at radius 2 is 1.92 bits per heavy atom. The van der Waals surface area contributed by atoms with Gasteiger partial charge in [-0.2, -0.15) is 0 Å². The molecule has 3 heteroatoms. The topological polar surface area (TPSA) is 37.3 Å². The molecule has 0 radical (unpaired) electrons. The molecule has 2 nitrogen and oxygen atoms in total. The molecule has 0 saturated heterocycles. The van der Waals surface area contributed by atoms with E-state index in [0.29, 0.717) is 4.35 Å². The fourth-order valence-corrected chi connectivity index (χ4v) is 2.14. The van der Waals surface area contributed by atoms with Crippen LogP contribution in [0.3, 0.4) is 0 Å². The molecule has 0 fully saturated rings. The Hall–Kier alpha value is -0.462. The summed E-state index contributed by atoms with van der Waals surface area (Å²) >= 11 is -3.07. The van der Waals surface area contributed by atoms with E-state index in [1.165, 1.54) is 18.4 Å². The molecule has 0 aliphatic carbocycles. The molecular formula is C10H15AsO2. The van der Waals surface area contributed by atoms with Crippen molar-refractivity contribution >= 4 is 19.3 Å². The minimum atomic E-state index is -3.07. The Morgan fingerprint density at radius 1 is 1.31 bits per heavy atom. The molecule has 1 aromatic rings.